The van der Waals surface area contributed by atoms with Gasteiger partial charge in [-0.1, -0.05) is 109 Å². The lowest BCUT2D eigenvalue weighted by atomic mass is 10.1. The summed E-state index contributed by atoms with van der Waals surface area (Å²) >= 11 is 0. The number of rotatable bonds is 8. The molecule has 0 N–H and O–H groups in total. The first-order valence-electron chi connectivity index (χ1n) is 16.2. The lowest BCUT2D eigenvalue weighted by molar-refractivity contribution is 1.23. The van der Waals surface area contributed by atoms with Crippen LogP contribution in [0.15, 0.2) is 164 Å². The average molecular weight is 607 g/mol. The van der Waals surface area contributed by atoms with E-state index < -0.39 is 0 Å². The van der Waals surface area contributed by atoms with E-state index in [9.17, 15) is 0 Å². The molecule has 7 aromatic carbocycles. The van der Waals surface area contributed by atoms with Gasteiger partial charge in [0.1, 0.15) is 0 Å². The molecule has 0 saturated heterocycles. The number of aryl methyl sites for hydroxylation is 3. The van der Waals surface area contributed by atoms with Gasteiger partial charge in [0, 0.05) is 34.1 Å². The summed E-state index contributed by atoms with van der Waals surface area (Å²) in [5.41, 5.74) is 13.0. The van der Waals surface area contributed by atoms with Crippen molar-refractivity contribution in [1.82, 2.24) is 0 Å². The fraction of sp³-hybridized carbons (Fsp3) is 0.0667. The maximum Gasteiger partial charge on any atom is 0.0490 e. The standard InChI is InChI=1S/C45H38N2/c1-33-29-34(2)31-44(30-33)47(45-16-10-7-11-35(45)3)42-26-21-37(22-27-42)18-17-36-19-24-41(25-20-36)46(40-14-5-4-6-15-40)43-28-23-38-12-8-9-13-39(38)32-43/h4-32H,1-3H3/b18-17+. The van der Waals surface area contributed by atoms with E-state index in [2.05, 4.69) is 207 Å². The van der Waals surface area contributed by atoms with Crippen molar-refractivity contribution in [3.8, 4) is 0 Å². The Morgan fingerprint density at radius 1 is 0.362 bits per heavy atom. The first-order chi connectivity index (χ1) is 23.0. The van der Waals surface area contributed by atoms with Gasteiger partial charge < -0.3 is 9.80 Å². The molecule has 0 spiro atoms. The highest BCUT2D eigenvalue weighted by Gasteiger charge is 2.15. The monoisotopic (exact) mass is 606 g/mol. The van der Waals surface area contributed by atoms with Crippen molar-refractivity contribution in [2.75, 3.05) is 9.80 Å². The molecule has 2 nitrogen and oxygen atoms in total. The molecule has 228 valence electrons. The van der Waals surface area contributed by atoms with Gasteiger partial charge in [-0.25, -0.2) is 0 Å². The molecule has 7 aromatic rings. The summed E-state index contributed by atoms with van der Waals surface area (Å²) in [6, 6.07) is 58.7. The first kappa shape index (κ1) is 29.8. The van der Waals surface area contributed by atoms with Gasteiger partial charge in [0.15, 0.2) is 0 Å². The van der Waals surface area contributed by atoms with Crippen molar-refractivity contribution in [1.29, 1.82) is 0 Å². The van der Waals surface area contributed by atoms with Gasteiger partial charge in [0.25, 0.3) is 0 Å². The van der Waals surface area contributed by atoms with Crippen molar-refractivity contribution in [3.05, 3.63) is 192 Å². The third-order valence-electron chi connectivity index (χ3n) is 8.60. The minimum Gasteiger partial charge on any atom is -0.310 e. The summed E-state index contributed by atoms with van der Waals surface area (Å²) in [7, 11) is 0. The van der Waals surface area contributed by atoms with Crippen molar-refractivity contribution >= 4 is 57.0 Å². The number of hydrogen-bond donors (Lipinski definition) is 0. The molecule has 2 heteroatoms. The highest BCUT2D eigenvalue weighted by Crippen LogP contribution is 2.38. The SMILES string of the molecule is Cc1cc(C)cc(N(c2ccc(/C=C/c3ccc(N(c4ccccc4)c4ccc5ccccc5c4)cc3)cc2)c2ccccc2C)c1. The molecule has 0 bridgehead atoms. The number of para-hydroxylation sites is 2. The van der Waals surface area contributed by atoms with Crippen LogP contribution in [0.1, 0.15) is 27.8 Å². The minimum absolute atomic E-state index is 1.12. The van der Waals surface area contributed by atoms with E-state index in [4.69, 9.17) is 0 Å². The van der Waals surface area contributed by atoms with E-state index in [0.29, 0.717) is 0 Å². The van der Waals surface area contributed by atoms with Crippen LogP contribution in [0.3, 0.4) is 0 Å². The number of hydrogen-bond acceptors (Lipinski definition) is 2. The second kappa shape index (κ2) is 13.2. The van der Waals surface area contributed by atoms with E-state index in [1.807, 2.05) is 0 Å². The molecular weight excluding hydrogens is 569 g/mol. The molecule has 0 aliphatic carbocycles. The summed E-state index contributed by atoms with van der Waals surface area (Å²) in [5, 5.41) is 2.47. The van der Waals surface area contributed by atoms with Crippen molar-refractivity contribution in [2.45, 2.75) is 20.8 Å². The molecule has 0 heterocycles. The Hall–Kier alpha value is -5.86. The molecule has 7 rings (SSSR count). The Morgan fingerprint density at radius 2 is 0.872 bits per heavy atom. The second-order valence-electron chi connectivity index (χ2n) is 12.2. The quantitative estimate of drug-likeness (QED) is 0.159. The van der Waals surface area contributed by atoms with Crippen molar-refractivity contribution in [2.24, 2.45) is 0 Å². The molecule has 0 aliphatic rings. The zero-order valence-electron chi connectivity index (χ0n) is 27.1. The Morgan fingerprint density at radius 3 is 1.51 bits per heavy atom. The second-order valence-corrected chi connectivity index (χ2v) is 12.2. The van der Waals surface area contributed by atoms with Gasteiger partial charge in [0.2, 0.25) is 0 Å². The molecule has 0 fully saturated rings. The van der Waals surface area contributed by atoms with Crippen LogP contribution in [0.4, 0.5) is 34.1 Å². The smallest absolute Gasteiger partial charge is 0.0490 e. The van der Waals surface area contributed by atoms with Crippen LogP contribution in [0.25, 0.3) is 22.9 Å². The van der Waals surface area contributed by atoms with E-state index in [-0.39, 0.29) is 0 Å². The van der Waals surface area contributed by atoms with Gasteiger partial charge in [-0.2, -0.15) is 0 Å². The average Bonchev–Trinajstić information content (AvgIpc) is 3.10. The molecule has 0 saturated carbocycles. The Labute approximate surface area is 278 Å². The van der Waals surface area contributed by atoms with E-state index in [1.165, 1.54) is 38.8 Å². The largest absolute Gasteiger partial charge is 0.310 e. The lowest BCUT2D eigenvalue weighted by Crippen LogP contribution is -2.11. The highest BCUT2D eigenvalue weighted by molar-refractivity contribution is 5.89. The molecule has 0 aromatic heterocycles. The van der Waals surface area contributed by atoms with Gasteiger partial charge >= 0.3 is 0 Å². The van der Waals surface area contributed by atoms with Crippen LogP contribution in [-0.2, 0) is 0 Å². The van der Waals surface area contributed by atoms with Gasteiger partial charge in [-0.15, -0.1) is 0 Å². The summed E-state index contributed by atoms with van der Waals surface area (Å²) in [4.78, 5) is 4.67. The fourth-order valence-corrected chi connectivity index (χ4v) is 6.32. The van der Waals surface area contributed by atoms with Crippen LogP contribution in [0.5, 0.6) is 0 Å². The molecule has 0 unspecified atom stereocenters. The molecule has 0 radical (unpaired) electrons. The molecule has 0 amide bonds. The summed E-state index contributed by atoms with van der Waals surface area (Å²) in [6.45, 7) is 6.50. The number of benzene rings is 7. The third kappa shape index (κ3) is 6.59. The number of fused-ring (bicyclic) bond motifs is 1. The topological polar surface area (TPSA) is 6.48 Å². The van der Waals surface area contributed by atoms with Crippen LogP contribution >= 0.6 is 0 Å². The molecule has 0 atom stereocenters. The Kier molecular flexibility index (Phi) is 8.41. The molecule has 0 aliphatic heterocycles. The number of nitrogens with zero attached hydrogens (tertiary/aromatic N) is 2. The molecular formula is C45H38N2. The van der Waals surface area contributed by atoms with Gasteiger partial charge in [-0.3, -0.25) is 0 Å². The Bertz CT molecular complexity index is 2140. The maximum absolute atomic E-state index is 2.36. The van der Waals surface area contributed by atoms with E-state index >= 15 is 0 Å². The van der Waals surface area contributed by atoms with Gasteiger partial charge in [-0.05, 0) is 126 Å². The molecule has 47 heavy (non-hydrogen) atoms. The maximum atomic E-state index is 2.36. The van der Waals surface area contributed by atoms with E-state index in [0.717, 1.165) is 33.9 Å². The van der Waals surface area contributed by atoms with Gasteiger partial charge in [0.05, 0.1) is 0 Å². The van der Waals surface area contributed by atoms with Crippen molar-refractivity contribution in [3.63, 3.8) is 0 Å². The predicted molar refractivity (Wildman–Crippen MR) is 203 cm³/mol. The van der Waals surface area contributed by atoms with E-state index in [1.54, 1.807) is 0 Å². The normalized spacial score (nSPS) is 11.2. The van der Waals surface area contributed by atoms with Crippen molar-refractivity contribution < 1.29 is 0 Å². The minimum atomic E-state index is 1.12. The summed E-state index contributed by atoms with van der Waals surface area (Å²) in [5.74, 6) is 0. The number of anilines is 6. The first-order valence-corrected chi connectivity index (χ1v) is 16.2. The van der Waals surface area contributed by atoms with Crippen LogP contribution < -0.4 is 9.80 Å². The summed E-state index contributed by atoms with van der Waals surface area (Å²) in [6.07, 6.45) is 4.37. The Balaban J connectivity index is 1.15. The zero-order chi connectivity index (χ0) is 32.2. The lowest BCUT2D eigenvalue weighted by Gasteiger charge is -2.27. The van der Waals surface area contributed by atoms with Crippen LogP contribution in [0.2, 0.25) is 0 Å². The zero-order valence-corrected chi connectivity index (χ0v) is 27.1. The predicted octanol–water partition coefficient (Wildman–Crippen LogP) is 12.9. The van der Waals surface area contributed by atoms with Crippen LogP contribution in [0, 0.1) is 20.8 Å². The van der Waals surface area contributed by atoms with Crippen LogP contribution in [-0.4, -0.2) is 0 Å². The highest BCUT2D eigenvalue weighted by atomic mass is 15.1. The fourth-order valence-electron chi connectivity index (χ4n) is 6.32. The third-order valence-corrected chi connectivity index (χ3v) is 8.60. The summed E-state index contributed by atoms with van der Waals surface area (Å²) < 4.78 is 0.